The van der Waals surface area contributed by atoms with Crippen molar-refractivity contribution in [2.45, 2.75) is 402 Å². The van der Waals surface area contributed by atoms with Crippen LogP contribution >= 0.6 is 7.82 Å². The maximum Gasteiger partial charge on any atom is 0.472 e. The molecule has 19 unspecified atom stereocenters. The summed E-state index contributed by atoms with van der Waals surface area (Å²) in [6, 6.07) is 0. The van der Waals surface area contributed by atoms with Gasteiger partial charge >= 0.3 is 25.7 Å². The first-order chi connectivity index (χ1) is 46.2. The van der Waals surface area contributed by atoms with Gasteiger partial charge in [0, 0.05) is 19.3 Å². The van der Waals surface area contributed by atoms with Crippen molar-refractivity contribution in [2.75, 3.05) is 26.4 Å². The Balaban J connectivity index is 1.73. The van der Waals surface area contributed by atoms with Crippen LogP contribution in [-0.2, 0) is 61.2 Å². The molecule has 2 saturated heterocycles. The summed E-state index contributed by atoms with van der Waals surface area (Å²) >= 11 is 0. The molecular formula is C71H133O24P. The number of carbonyl (C=O) groups is 3. The maximum absolute atomic E-state index is 14.3. The predicted octanol–water partition coefficient (Wildman–Crippen LogP) is 10.0. The molecule has 1 saturated carbocycles. The van der Waals surface area contributed by atoms with Crippen molar-refractivity contribution in [3.63, 3.8) is 0 Å². The maximum atomic E-state index is 14.3. The summed E-state index contributed by atoms with van der Waals surface area (Å²) in [4.78, 5) is 50.9. The number of ether oxygens (including phenoxy) is 7. The number of phosphoric acid groups is 1. The van der Waals surface area contributed by atoms with Crippen LogP contribution < -0.4 is 0 Å². The van der Waals surface area contributed by atoms with E-state index in [1.54, 1.807) is 0 Å². The van der Waals surface area contributed by atoms with Crippen LogP contribution in [-0.4, -0.2) is 204 Å². The van der Waals surface area contributed by atoms with Gasteiger partial charge in [-0.2, -0.15) is 0 Å². The number of hydrogen-bond donors (Lipinski definition) is 11. The van der Waals surface area contributed by atoms with E-state index in [9.17, 15) is 74.9 Å². The van der Waals surface area contributed by atoms with Crippen LogP contribution in [0.3, 0.4) is 0 Å². The Morgan fingerprint density at radius 3 is 1.12 bits per heavy atom. The van der Waals surface area contributed by atoms with Crippen LogP contribution in [0.15, 0.2) is 0 Å². The van der Waals surface area contributed by atoms with Gasteiger partial charge in [-0.3, -0.25) is 23.4 Å². The number of rotatable bonds is 58. The summed E-state index contributed by atoms with van der Waals surface area (Å²) in [7, 11) is -5.69. The van der Waals surface area contributed by atoms with E-state index in [-0.39, 0.29) is 19.3 Å². The van der Waals surface area contributed by atoms with Crippen LogP contribution in [0, 0.1) is 5.92 Å². The number of unbranched alkanes of at least 4 members (excludes halogenated alkanes) is 33. The summed E-state index contributed by atoms with van der Waals surface area (Å²) in [6.45, 7) is 5.76. The van der Waals surface area contributed by atoms with Crippen molar-refractivity contribution in [3.8, 4) is 0 Å². The van der Waals surface area contributed by atoms with Crippen molar-refractivity contribution in [1.82, 2.24) is 0 Å². The Hall–Kier alpha value is -2.04. The van der Waals surface area contributed by atoms with Crippen LogP contribution in [0.1, 0.15) is 297 Å². The average Bonchev–Trinajstić information content (AvgIpc) is 0.763. The number of phosphoric ester groups is 1. The van der Waals surface area contributed by atoms with Gasteiger partial charge in [-0.1, -0.05) is 259 Å². The van der Waals surface area contributed by atoms with Gasteiger partial charge in [-0.05, 0) is 25.2 Å². The average molecular weight is 1400 g/mol. The third kappa shape index (κ3) is 36.2. The molecule has 11 N–H and O–H groups in total. The zero-order valence-electron chi connectivity index (χ0n) is 59.1. The minimum absolute atomic E-state index is 0.0309. The molecule has 0 radical (unpaired) electrons. The quantitative estimate of drug-likeness (QED) is 0.0117. The third-order valence-electron chi connectivity index (χ3n) is 19.0. The normalized spacial score (nSPS) is 28.2. The molecule has 25 heteroatoms. The van der Waals surface area contributed by atoms with Gasteiger partial charge in [-0.25, -0.2) is 4.57 Å². The Bertz CT molecular complexity index is 2010. The second-order valence-electron chi connectivity index (χ2n) is 27.7. The van der Waals surface area contributed by atoms with Gasteiger partial charge in [0.15, 0.2) is 18.7 Å². The van der Waals surface area contributed by atoms with Gasteiger partial charge in [0.05, 0.1) is 13.2 Å². The van der Waals surface area contributed by atoms with Crippen molar-refractivity contribution in [2.24, 2.45) is 5.92 Å². The molecule has 0 aromatic carbocycles. The van der Waals surface area contributed by atoms with Gasteiger partial charge in [0.25, 0.3) is 0 Å². The van der Waals surface area contributed by atoms with E-state index in [4.69, 9.17) is 42.2 Å². The minimum atomic E-state index is -5.69. The van der Waals surface area contributed by atoms with E-state index >= 15 is 0 Å². The lowest BCUT2D eigenvalue weighted by Crippen LogP contribution is -2.69. The molecule has 24 nitrogen and oxygen atoms in total. The first-order valence-corrected chi connectivity index (χ1v) is 39.2. The highest BCUT2D eigenvalue weighted by atomic mass is 31.2. The standard InChI is InChI=1S/C71H133O24P/c1-5-8-11-14-17-19-21-22-23-25-26-28-34-39-44-55(73)87-48-52(90-57(75)46-41-36-29-27-24-20-18-15-12-9-6-2)49-89-96(85,86)95-69-67(93-70-65(83)60(78)58(76)53(47-72)91-70)63(81)62(80)64(82)68(69)94-71-66(84)61(79)59(77)54(92-71)50-88-56(74)45-40-35-31-30-33-38-43-51(4)42-37-32-16-13-10-7-3/h51-54,58-72,76-84H,5-50H2,1-4H3,(H,85,86). The molecule has 0 aromatic heterocycles. The SMILES string of the molecule is CCCCCCCCCCCCCCCCC(=O)OCC(COP(=O)(O)OC1C(OC2OC(CO)C(O)C(O)C2O)C(O)C(O)C(O)C1OC1OC(COC(=O)CCCCCCCCC(C)CCCCCCCC)C(O)C(O)C1O)OC(=O)CCCCCCCCCCCCC. The molecule has 2 heterocycles. The molecule has 3 fully saturated rings. The topological polar surface area (TPSA) is 374 Å². The highest BCUT2D eigenvalue weighted by molar-refractivity contribution is 7.47. The van der Waals surface area contributed by atoms with Gasteiger partial charge in [-0.15, -0.1) is 0 Å². The van der Waals surface area contributed by atoms with Crippen molar-refractivity contribution in [3.05, 3.63) is 0 Å². The Morgan fingerprint density at radius 2 is 0.729 bits per heavy atom. The van der Waals surface area contributed by atoms with E-state index < -0.39 is 156 Å². The summed E-state index contributed by atoms with van der Waals surface area (Å²) < 4.78 is 65.0. The second kappa shape index (κ2) is 52.9. The lowest BCUT2D eigenvalue weighted by molar-refractivity contribution is -0.360. The van der Waals surface area contributed by atoms with Crippen LogP contribution in [0.5, 0.6) is 0 Å². The van der Waals surface area contributed by atoms with Crippen molar-refractivity contribution >= 4 is 25.7 Å². The van der Waals surface area contributed by atoms with E-state index in [0.717, 1.165) is 89.9 Å². The van der Waals surface area contributed by atoms with Crippen molar-refractivity contribution < 1.29 is 117 Å². The predicted molar refractivity (Wildman–Crippen MR) is 361 cm³/mol. The summed E-state index contributed by atoms with van der Waals surface area (Å²) in [5.74, 6) is -1.28. The van der Waals surface area contributed by atoms with E-state index in [2.05, 4.69) is 27.7 Å². The molecule has 1 aliphatic carbocycles. The molecular weight excluding hydrogens is 1270 g/mol. The Labute approximate surface area is 574 Å². The smallest absolute Gasteiger partial charge is 0.463 e. The van der Waals surface area contributed by atoms with E-state index in [1.807, 2.05) is 0 Å². The van der Waals surface area contributed by atoms with Crippen LogP contribution in [0.4, 0.5) is 0 Å². The summed E-state index contributed by atoms with van der Waals surface area (Å²) in [5.41, 5.74) is 0. The molecule has 0 aromatic rings. The lowest BCUT2D eigenvalue weighted by atomic mass is 9.84. The number of hydrogen-bond acceptors (Lipinski definition) is 23. The first-order valence-electron chi connectivity index (χ1n) is 37.7. The Morgan fingerprint density at radius 1 is 0.396 bits per heavy atom. The molecule has 0 bridgehead atoms. The van der Waals surface area contributed by atoms with Crippen molar-refractivity contribution in [1.29, 1.82) is 0 Å². The van der Waals surface area contributed by atoms with Gasteiger partial charge in [0.2, 0.25) is 0 Å². The first kappa shape index (κ1) is 88.2. The fourth-order valence-corrected chi connectivity index (χ4v) is 13.7. The number of aliphatic hydroxyl groups is 10. The molecule has 19 atom stereocenters. The van der Waals surface area contributed by atoms with Gasteiger partial charge in [0.1, 0.15) is 98.7 Å². The molecule has 566 valence electrons. The number of esters is 3. The largest absolute Gasteiger partial charge is 0.472 e. The molecule has 2 aliphatic heterocycles. The molecule has 3 aliphatic rings. The zero-order chi connectivity index (χ0) is 70.5. The molecule has 3 rings (SSSR count). The fraction of sp³-hybridized carbons (Fsp3) is 0.958. The van der Waals surface area contributed by atoms with Gasteiger partial charge < -0.3 is 89.1 Å². The number of aliphatic hydroxyl groups excluding tert-OH is 10. The molecule has 96 heavy (non-hydrogen) atoms. The lowest BCUT2D eigenvalue weighted by Gasteiger charge is -2.49. The monoisotopic (exact) mass is 1400 g/mol. The van der Waals surface area contributed by atoms with Crippen LogP contribution in [0.25, 0.3) is 0 Å². The van der Waals surface area contributed by atoms with E-state index in [0.29, 0.717) is 25.2 Å². The number of carbonyl (C=O) groups excluding carboxylic acids is 3. The molecule has 0 spiro atoms. The summed E-state index contributed by atoms with van der Waals surface area (Å²) in [5, 5.41) is 110. The van der Waals surface area contributed by atoms with E-state index in [1.165, 1.54) is 141 Å². The fourth-order valence-electron chi connectivity index (χ4n) is 12.8. The minimum Gasteiger partial charge on any atom is -0.463 e. The third-order valence-corrected chi connectivity index (χ3v) is 20.0. The van der Waals surface area contributed by atoms with Crippen LogP contribution in [0.2, 0.25) is 0 Å². The Kier molecular flexibility index (Phi) is 48.5. The molecule has 0 amide bonds. The zero-order valence-corrected chi connectivity index (χ0v) is 60.0. The highest BCUT2D eigenvalue weighted by Crippen LogP contribution is 2.49. The summed E-state index contributed by atoms with van der Waals surface area (Å²) in [6.07, 6.45) is 7.57. The highest BCUT2D eigenvalue weighted by Gasteiger charge is 2.58. The second-order valence-corrected chi connectivity index (χ2v) is 29.1.